The van der Waals surface area contributed by atoms with Crippen LogP contribution in [0.4, 0.5) is 0 Å². The van der Waals surface area contributed by atoms with E-state index in [0.717, 1.165) is 67.2 Å². The fraction of sp³-hybridized carbons (Fsp3) is 0.556. The zero-order valence-electron chi connectivity index (χ0n) is 14.6. The van der Waals surface area contributed by atoms with E-state index >= 15 is 0 Å². The van der Waals surface area contributed by atoms with Gasteiger partial charge in [0, 0.05) is 25.7 Å². The van der Waals surface area contributed by atoms with E-state index in [0.29, 0.717) is 5.92 Å². The second kappa shape index (κ2) is 7.11. The Labute approximate surface area is 142 Å². The van der Waals surface area contributed by atoms with Gasteiger partial charge in [0.05, 0.1) is 17.0 Å². The van der Waals surface area contributed by atoms with Gasteiger partial charge in [0.25, 0.3) is 0 Å². The van der Waals surface area contributed by atoms with Gasteiger partial charge in [-0.05, 0) is 51.5 Å². The maximum absolute atomic E-state index is 11.5. The Kier molecular flexibility index (Phi) is 4.92. The molecule has 1 aliphatic heterocycles. The lowest BCUT2D eigenvalue weighted by Gasteiger charge is -2.18. The zero-order valence-corrected chi connectivity index (χ0v) is 14.6. The van der Waals surface area contributed by atoms with Crippen LogP contribution in [0.15, 0.2) is 16.9 Å². The highest BCUT2D eigenvalue weighted by Crippen LogP contribution is 2.27. The topological polar surface area (TPSA) is 72.1 Å². The minimum Gasteiger partial charge on any atom is -0.361 e. The summed E-state index contributed by atoms with van der Waals surface area (Å²) < 4.78 is 5.24. The van der Waals surface area contributed by atoms with Gasteiger partial charge in [-0.15, -0.1) is 0 Å². The molecule has 2 aromatic rings. The van der Waals surface area contributed by atoms with Crippen LogP contribution in [0.25, 0.3) is 11.3 Å². The zero-order chi connectivity index (χ0) is 17.1. The molecule has 0 unspecified atom stereocenters. The molecule has 1 saturated heterocycles. The summed E-state index contributed by atoms with van der Waals surface area (Å²) in [6.45, 7) is 7.20. The molecule has 0 aliphatic carbocycles. The molecular weight excluding hydrogens is 304 g/mol. The Hall–Kier alpha value is -2.24. The molecule has 0 spiro atoms. The molecule has 0 N–H and O–H groups in total. The Bertz CT molecular complexity index is 706. The van der Waals surface area contributed by atoms with E-state index in [4.69, 9.17) is 4.52 Å². The minimum atomic E-state index is 0.179. The van der Waals surface area contributed by atoms with Crippen molar-refractivity contribution in [2.24, 2.45) is 5.92 Å². The molecule has 1 atom stereocenters. The average molecular weight is 328 g/mol. The van der Waals surface area contributed by atoms with Crippen LogP contribution < -0.4 is 0 Å². The van der Waals surface area contributed by atoms with Crippen molar-refractivity contribution in [2.45, 2.75) is 46.5 Å². The number of hydrogen-bond donors (Lipinski definition) is 0. The fourth-order valence-electron chi connectivity index (χ4n) is 3.47. The number of nitrogens with zero attached hydrogens (tertiary/aromatic N) is 4. The first-order valence-electron chi connectivity index (χ1n) is 8.54. The highest BCUT2D eigenvalue weighted by Gasteiger charge is 2.20. The Morgan fingerprint density at radius 2 is 2.12 bits per heavy atom. The number of carbonyl (C=O) groups is 1. The second-order valence-corrected chi connectivity index (χ2v) is 6.60. The van der Waals surface area contributed by atoms with Crippen molar-refractivity contribution in [3.05, 3.63) is 29.5 Å². The van der Waals surface area contributed by atoms with Crippen LogP contribution in [0.1, 0.15) is 43.3 Å². The number of aromatic nitrogens is 3. The van der Waals surface area contributed by atoms with E-state index in [2.05, 4.69) is 15.1 Å². The van der Waals surface area contributed by atoms with Crippen molar-refractivity contribution in [3.8, 4) is 11.3 Å². The van der Waals surface area contributed by atoms with Gasteiger partial charge < -0.3 is 9.42 Å². The van der Waals surface area contributed by atoms with E-state index < -0.39 is 0 Å². The largest absolute Gasteiger partial charge is 0.361 e. The van der Waals surface area contributed by atoms with Crippen LogP contribution >= 0.6 is 0 Å². The molecule has 3 heterocycles. The minimum absolute atomic E-state index is 0.179. The van der Waals surface area contributed by atoms with Gasteiger partial charge in [-0.2, -0.15) is 0 Å². The monoisotopic (exact) mass is 328 g/mol. The maximum atomic E-state index is 11.5. The SMILES string of the molecule is CC(=O)N1CCC[C@H](Cc2cc(-c3c(C)noc3C)ncn2)CC1. The third-order valence-corrected chi connectivity index (χ3v) is 4.80. The van der Waals surface area contributed by atoms with Crippen molar-refractivity contribution < 1.29 is 9.32 Å². The Balaban J connectivity index is 1.72. The van der Waals surface area contributed by atoms with Gasteiger partial charge in [0.2, 0.25) is 5.91 Å². The van der Waals surface area contributed by atoms with Gasteiger partial charge in [-0.25, -0.2) is 9.97 Å². The van der Waals surface area contributed by atoms with Gasteiger partial charge in [-0.3, -0.25) is 4.79 Å². The number of likely N-dealkylation sites (tertiary alicyclic amines) is 1. The van der Waals surface area contributed by atoms with Crippen molar-refractivity contribution in [2.75, 3.05) is 13.1 Å². The summed E-state index contributed by atoms with van der Waals surface area (Å²) in [5, 5.41) is 4.00. The first-order valence-corrected chi connectivity index (χ1v) is 8.54. The summed E-state index contributed by atoms with van der Waals surface area (Å²) in [6, 6.07) is 2.04. The first-order chi connectivity index (χ1) is 11.5. The van der Waals surface area contributed by atoms with Crippen LogP contribution in [-0.4, -0.2) is 39.0 Å². The van der Waals surface area contributed by atoms with Crippen molar-refractivity contribution in [1.82, 2.24) is 20.0 Å². The van der Waals surface area contributed by atoms with E-state index in [1.807, 2.05) is 24.8 Å². The number of hydrogen-bond acceptors (Lipinski definition) is 5. The molecule has 1 amide bonds. The predicted octanol–water partition coefficient (Wildman–Crippen LogP) is 2.94. The van der Waals surface area contributed by atoms with Gasteiger partial charge in [-0.1, -0.05) is 5.16 Å². The van der Waals surface area contributed by atoms with Crippen molar-refractivity contribution in [1.29, 1.82) is 0 Å². The standard InChI is InChI=1S/C18H24N4O2/c1-12-18(13(2)24-21-12)17-10-16(19-11-20-17)9-15-5-4-7-22(8-6-15)14(3)23/h10-11,15H,4-9H2,1-3H3/t15-/m0/s1. The lowest BCUT2D eigenvalue weighted by atomic mass is 9.94. The van der Waals surface area contributed by atoms with E-state index in [9.17, 15) is 4.79 Å². The molecule has 128 valence electrons. The van der Waals surface area contributed by atoms with Crippen LogP contribution in [-0.2, 0) is 11.2 Å². The molecule has 2 aromatic heterocycles. The van der Waals surface area contributed by atoms with Crippen LogP contribution in [0.3, 0.4) is 0 Å². The number of aryl methyl sites for hydroxylation is 2. The Morgan fingerprint density at radius 1 is 1.29 bits per heavy atom. The molecule has 3 rings (SSSR count). The fourth-order valence-corrected chi connectivity index (χ4v) is 3.47. The normalized spacial score (nSPS) is 18.5. The highest BCUT2D eigenvalue weighted by atomic mass is 16.5. The molecular formula is C18H24N4O2. The molecule has 0 saturated carbocycles. The lowest BCUT2D eigenvalue weighted by molar-refractivity contribution is -0.128. The van der Waals surface area contributed by atoms with Crippen LogP contribution in [0.2, 0.25) is 0 Å². The summed E-state index contributed by atoms with van der Waals surface area (Å²) in [5.74, 6) is 1.52. The van der Waals surface area contributed by atoms with Gasteiger partial charge >= 0.3 is 0 Å². The molecule has 6 nitrogen and oxygen atoms in total. The number of carbonyl (C=O) groups excluding carboxylic acids is 1. The summed E-state index contributed by atoms with van der Waals surface area (Å²) in [7, 11) is 0. The molecule has 6 heteroatoms. The van der Waals surface area contributed by atoms with Crippen molar-refractivity contribution in [3.63, 3.8) is 0 Å². The molecule has 24 heavy (non-hydrogen) atoms. The molecule has 0 aromatic carbocycles. The third-order valence-electron chi connectivity index (χ3n) is 4.80. The summed E-state index contributed by atoms with van der Waals surface area (Å²) in [5.41, 5.74) is 3.72. The van der Waals surface area contributed by atoms with Crippen LogP contribution in [0.5, 0.6) is 0 Å². The van der Waals surface area contributed by atoms with Crippen LogP contribution in [0, 0.1) is 19.8 Å². The summed E-state index contributed by atoms with van der Waals surface area (Å²) in [6.07, 6.45) is 5.77. The number of amides is 1. The lowest BCUT2D eigenvalue weighted by Crippen LogP contribution is -2.29. The molecule has 0 bridgehead atoms. The van der Waals surface area contributed by atoms with E-state index in [-0.39, 0.29) is 5.91 Å². The first kappa shape index (κ1) is 16.6. The predicted molar refractivity (Wildman–Crippen MR) is 90.3 cm³/mol. The van der Waals surface area contributed by atoms with Gasteiger partial charge in [0.15, 0.2) is 0 Å². The smallest absolute Gasteiger partial charge is 0.219 e. The van der Waals surface area contributed by atoms with Gasteiger partial charge in [0.1, 0.15) is 12.1 Å². The Morgan fingerprint density at radius 3 is 2.83 bits per heavy atom. The molecule has 1 fully saturated rings. The highest BCUT2D eigenvalue weighted by molar-refractivity contribution is 5.73. The summed E-state index contributed by atoms with van der Waals surface area (Å²) >= 11 is 0. The molecule has 1 aliphatic rings. The van der Waals surface area contributed by atoms with Crippen molar-refractivity contribution >= 4 is 5.91 Å². The second-order valence-electron chi connectivity index (χ2n) is 6.60. The average Bonchev–Trinajstić information content (AvgIpc) is 2.74. The third kappa shape index (κ3) is 3.63. The number of rotatable bonds is 3. The quantitative estimate of drug-likeness (QED) is 0.866. The van der Waals surface area contributed by atoms with E-state index in [1.165, 1.54) is 0 Å². The summed E-state index contributed by atoms with van der Waals surface area (Å²) in [4.78, 5) is 22.3. The maximum Gasteiger partial charge on any atom is 0.219 e. The molecule has 0 radical (unpaired) electrons. The van der Waals surface area contributed by atoms with E-state index in [1.54, 1.807) is 13.3 Å².